The van der Waals surface area contributed by atoms with E-state index in [4.69, 9.17) is 12.2 Å². The number of non-ortho nitro benzene ring substituents is 1. The summed E-state index contributed by atoms with van der Waals surface area (Å²) < 4.78 is 0.297. The fourth-order valence-corrected chi connectivity index (χ4v) is 4.04. The lowest BCUT2D eigenvalue weighted by Gasteiger charge is -2.22. The second kappa shape index (κ2) is 9.47. The Hall–Kier alpha value is -3.30. The number of hydrogen-bond acceptors (Lipinski definition) is 6. The molecule has 1 heterocycles. The third kappa shape index (κ3) is 5.00. The zero-order valence-electron chi connectivity index (χ0n) is 15.8. The minimum Gasteiger partial charge on any atom is -0.324 e. The largest absolute Gasteiger partial charge is 0.324 e. The molecule has 1 fully saturated rings. The van der Waals surface area contributed by atoms with Crippen molar-refractivity contribution in [3.63, 3.8) is 0 Å². The predicted molar refractivity (Wildman–Crippen MR) is 122 cm³/mol. The van der Waals surface area contributed by atoms with E-state index in [-0.39, 0.29) is 11.6 Å². The van der Waals surface area contributed by atoms with Gasteiger partial charge in [-0.1, -0.05) is 66.5 Å². The van der Waals surface area contributed by atoms with Gasteiger partial charge in [0, 0.05) is 17.8 Å². The molecular formula is C21H17N3O4S2. The van der Waals surface area contributed by atoms with Crippen LogP contribution in [0, 0.1) is 10.1 Å². The molecule has 0 aliphatic carbocycles. The summed E-state index contributed by atoms with van der Waals surface area (Å²) in [4.78, 5) is 37.2. The zero-order chi connectivity index (χ0) is 21.7. The quantitative estimate of drug-likeness (QED) is 0.311. The summed E-state index contributed by atoms with van der Waals surface area (Å²) in [6.45, 7) is 1.58. The highest BCUT2D eigenvalue weighted by Crippen LogP contribution is 2.33. The molecule has 1 saturated heterocycles. The summed E-state index contributed by atoms with van der Waals surface area (Å²) in [6.07, 6.45) is 5.31. The van der Waals surface area contributed by atoms with E-state index >= 15 is 0 Å². The highest BCUT2D eigenvalue weighted by atomic mass is 32.2. The van der Waals surface area contributed by atoms with Crippen LogP contribution in [-0.2, 0) is 9.59 Å². The Kier molecular flexibility index (Phi) is 6.76. The van der Waals surface area contributed by atoms with E-state index in [1.54, 1.807) is 19.1 Å². The molecule has 1 aliphatic rings. The van der Waals surface area contributed by atoms with Crippen molar-refractivity contribution >= 4 is 57.6 Å². The fourth-order valence-electron chi connectivity index (χ4n) is 2.67. The normalized spacial score (nSPS) is 16.3. The van der Waals surface area contributed by atoms with Gasteiger partial charge in [-0.3, -0.25) is 24.6 Å². The Morgan fingerprint density at radius 1 is 1.20 bits per heavy atom. The standard InChI is InChI=1S/C21H17N3O4S2/c1-14(19(25)22-16-10-12-17(13-11-16)24(27)28)23-20(26)18(30-21(23)29)9-5-8-15-6-3-2-4-7-15/h2-14H,1H3,(H,22,25)/b8-5+,18-9-. The van der Waals surface area contributed by atoms with E-state index in [0.29, 0.717) is 14.9 Å². The Balaban J connectivity index is 1.67. The van der Waals surface area contributed by atoms with Crippen LogP contribution in [0.25, 0.3) is 6.08 Å². The SMILES string of the molecule is CC(C(=O)Nc1ccc([N+](=O)[O-])cc1)N1C(=O)/C(=C/C=C/c2ccccc2)SC1=S. The predicted octanol–water partition coefficient (Wildman–Crippen LogP) is 4.38. The summed E-state index contributed by atoms with van der Waals surface area (Å²) in [5, 5.41) is 13.4. The van der Waals surface area contributed by atoms with Gasteiger partial charge in [0.05, 0.1) is 9.83 Å². The lowest BCUT2D eigenvalue weighted by Crippen LogP contribution is -2.44. The van der Waals surface area contributed by atoms with E-state index in [9.17, 15) is 19.7 Å². The molecule has 1 aliphatic heterocycles. The first-order chi connectivity index (χ1) is 14.4. The summed E-state index contributed by atoms with van der Waals surface area (Å²) >= 11 is 6.43. The first-order valence-electron chi connectivity index (χ1n) is 8.91. The van der Waals surface area contributed by atoms with Crippen molar-refractivity contribution in [3.8, 4) is 0 Å². The van der Waals surface area contributed by atoms with Gasteiger partial charge in [0.25, 0.3) is 11.6 Å². The number of nitrogens with zero attached hydrogens (tertiary/aromatic N) is 2. The van der Waals surface area contributed by atoms with Gasteiger partial charge < -0.3 is 5.32 Å². The van der Waals surface area contributed by atoms with Crippen molar-refractivity contribution in [3.05, 3.63) is 87.3 Å². The monoisotopic (exact) mass is 439 g/mol. The molecule has 2 amide bonds. The molecule has 3 rings (SSSR count). The maximum absolute atomic E-state index is 12.7. The Morgan fingerprint density at radius 3 is 2.50 bits per heavy atom. The summed E-state index contributed by atoms with van der Waals surface area (Å²) in [6, 6.07) is 14.3. The van der Waals surface area contributed by atoms with Gasteiger partial charge in [0.2, 0.25) is 5.91 Å². The van der Waals surface area contributed by atoms with Gasteiger partial charge >= 0.3 is 0 Å². The van der Waals surface area contributed by atoms with Crippen LogP contribution in [-0.4, -0.2) is 32.0 Å². The summed E-state index contributed by atoms with van der Waals surface area (Å²) in [5.74, 6) is -0.782. The van der Waals surface area contributed by atoms with Crippen molar-refractivity contribution in [2.75, 3.05) is 5.32 Å². The van der Waals surface area contributed by atoms with E-state index in [1.807, 2.05) is 36.4 Å². The molecule has 0 bridgehead atoms. The highest BCUT2D eigenvalue weighted by molar-refractivity contribution is 8.26. The maximum atomic E-state index is 12.7. The lowest BCUT2D eigenvalue weighted by molar-refractivity contribution is -0.384. The van der Waals surface area contributed by atoms with Crippen LogP contribution in [0.2, 0.25) is 0 Å². The van der Waals surface area contributed by atoms with Crippen LogP contribution < -0.4 is 5.32 Å². The molecule has 9 heteroatoms. The molecule has 1 unspecified atom stereocenters. The third-order valence-electron chi connectivity index (χ3n) is 4.27. The number of carbonyl (C=O) groups excluding carboxylic acids is 2. The maximum Gasteiger partial charge on any atom is 0.269 e. The average Bonchev–Trinajstić information content (AvgIpc) is 3.01. The number of amides is 2. The van der Waals surface area contributed by atoms with E-state index in [0.717, 1.165) is 17.3 Å². The number of carbonyl (C=O) groups is 2. The van der Waals surface area contributed by atoms with Crippen LogP contribution in [0.5, 0.6) is 0 Å². The van der Waals surface area contributed by atoms with Crippen molar-refractivity contribution in [1.82, 2.24) is 4.90 Å². The smallest absolute Gasteiger partial charge is 0.269 e. The van der Waals surface area contributed by atoms with Crippen LogP contribution in [0.4, 0.5) is 11.4 Å². The number of anilines is 1. The molecule has 1 N–H and O–H groups in total. The van der Waals surface area contributed by atoms with Crippen LogP contribution in [0.3, 0.4) is 0 Å². The summed E-state index contributed by atoms with van der Waals surface area (Å²) in [7, 11) is 0. The molecule has 7 nitrogen and oxygen atoms in total. The van der Waals surface area contributed by atoms with Crippen LogP contribution >= 0.6 is 24.0 Å². The van der Waals surface area contributed by atoms with Gasteiger partial charge in [-0.2, -0.15) is 0 Å². The fraction of sp³-hybridized carbons (Fsp3) is 0.0952. The van der Waals surface area contributed by atoms with Crippen LogP contribution in [0.1, 0.15) is 12.5 Å². The molecule has 2 aromatic rings. The Bertz CT molecular complexity index is 1050. The van der Waals surface area contributed by atoms with Gasteiger partial charge in [0.1, 0.15) is 10.4 Å². The zero-order valence-corrected chi connectivity index (χ0v) is 17.5. The van der Waals surface area contributed by atoms with Crippen molar-refractivity contribution in [2.24, 2.45) is 0 Å². The minimum atomic E-state index is -0.836. The molecule has 152 valence electrons. The Morgan fingerprint density at radius 2 is 1.87 bits per heavy atom. The number of hydrogen-bond donors (Lipinski definition) is 1. The van der Waals surface area contributed by atoms with E-state index in [1.165, 1.54) is 29.2 Å². The lowest BCUT2D eigenvalue weighted by atomic mass is 10.2. The molecule has 0 spiro atoms. The molecular weight excluding hydrogens is 422 g/mol. The second-order valence-electron chi connectivity index (χ2n) is 6.31. The molecule has 0 radical (unpaired) electrons. The molecule has 0 aromatic heterocycles. The Labute approximate surface area is 182 Å². The molecule has 0 saturated carbocycles. The number of nitro benzene ring substituents is 1. The van der Waals surface area contributed by atoms with Crippen LogP contribution in [0.15, 0.2) is 71.7 Å². The highest BCUT2D eigenvalue weighted by Gasteiger charge is 2.37. The van der Waals surface area contributed by atoms with E-state index in [2.05, 4.69) is 5.32 Å². The topological polar surface area (TPSA) is 92.5 Å². The van der Waals surface area contributed by atoms with Crippen molar-refractivity contribution < 1.29 is 14.5 Å². The molecule has 1 atom stereocenters. The van der Waals surface area contributed by atoms with Gasteiger partial charge in [0.15, 0.2) is 0 Å². The second-order valence-corrected chi connectivity index (χ2v) is 7.99. The number of thioether (sulfide) groups is 1. The minimum absolute atomic E-state index is 0.0771. The number of nitrogens with one attached hydrogen (secondary N) is 1. The first-order valence-corrected chi connectivity index (χ1v) is 10.1. The number of rotatable bonds is 6. The number of allylic oxidation sites excluding steroid dienone is 2. The van der Waals surface area contributed by atoms with Gasteiger partial charge in [-0.05, 0) is 30.7 Å². The molecule has 30 heavy (non-hydrogen) atoms. The van der Waals surface area contributed by atoms with Crippen molar-refractivity contribution in [2.45, 2.75) is 13.0 Å². The number of benzene rings is 2. The number of nitro groups is 1. The molecule has 2 aromatic carbocycles. The van der Waals surface area contributed by atoms with Gasteiger partial charge in [-0.25, -0.2) is 0 Å². The van der Waals surface area contributed by atoms with E-state index < -0.39 is 16.9 Å². The summed E-state index contributed by atoms with van der Waals surface area (Å²) in [5.41, 5.74) is 1.32. The van der Waals surface area contributed by atoms with Gasteiger partial charge in [-0.15, -0.1) is 0 Å². The number of thiocarbonyl (C=S) groups is 1. The van der Waals surface area contributed by atoms with Crippen molar-refractivity contribution in [1.29, 1.82) is 0 Å². The third-order valence-corrected chi connectivity index (χ3v) is 5.62. The average molecular weight is 440 g/mol. The first kappa shape index (κ1) is 21.4.